The minimum atomic E-state index is 0.111. The lowest BCUT2D eigenvalue weighted by molar-refractivity contribution is -0.0401. The molecule has 3 heteroatoms. The van der Waals surface area contributed by atoms with Gasteiger partial charge in [0.1, 0.15) is 0 Å². The summed E-state index contributed by atoms with van der Waals surface area (Å²) >= 11 is 0. The van der Waals surface area contributed by atoms with Crippen molar-refractivity contribution in [3.8, 4) is 0 Å². The first kappa shape index (κ1) is 11.0. The quantitative estimate of drug-likeness (QED) is 0.562. The molecule has 0 heterocycles. The van der Waals surface area contributed by atoms with E-state index in [4.69, 9.17) is 12.8 Å². The molecule has 2 radical (unpaired) electrons. The van der Waals surface area contributed by atoms with Gasteiger partial charge in [-0.1, -0.05) is 13.8 Å². The molecule has 0 aliphatic heterocycles. The Kier molecular flexibility index (Phi) is 5.60. The SMILES string of the molecule is [B]OCC(OC(C)C)C(C)C. The van der Waals surface area contributed by atoms with E-state index < -0.39 is 0 Å². The van der Waals surface area contributed by atoms with Crippen molar-refractivity contribution in [3.63, 3.8) is 0 Å². The summed E-state index contributed by atoms with van der Waals surface area (Å²) in [7, 11) is 4.96. The molecule has 0 bridgehead atoms. The zero-order chi connectivity index (χ0) is 8.85. The Balaban J connectivity index is 3.69. The molecule has 1 unspecified atom stereocenters. The van der Waals surface area contributed by atoms with E-state index in [0.29, 0.717) is 12.5 Å². The van der Waals surface area contributed by atoms with Crippen LogP contribution < -0.4 is 0 Å². The van der Waals surface area contributed by atoms with Crippen LogP contribution in [0.2, 0.25) is 0 Å². The molecule has 0 aromatic carbocycles. The van der Waals surface area contributed by atoms with Gasteiger partial charge in [0.25, 0.3) is 8.05 Å². The second-order valence-corrected chi connectivity index (χ2v) is 3.30. The maximum absolute atomic E-state index is 5.55. The van der Waals surface area contributed by atoms with Gasteiger partial charge < -0.3 is 9.39 Å². The van der Waals surface area contributed by atoms with Crippen LogP contribution in [0.15, 0.2) is 0 Å². The average Bonchev–Trinajstić information content (AvgIpc) is 1.86. The van der Waals surface area contributed by atoms with Crippen LogP contribution in [0, 0.1) is 5.92 Å². The molecule has 0 aromatic rings. The number of hydrogen-bond donors (Lipinski definition) is 0. The van der Waals surface area contributed by atoms with Crippen molar-refractivity contribution >= 4 is 8.05 Å². The Bertz CT molecular complexity index is 94.1. The van der Waals surface area contributed by atoms with Crippen LogP contribution in [0.1, 0.15) is 27.7 Å². The van der Waals surface area contributed by atoms with Crippen LogP contribution >= 0.6 is 0 Å². The van der Waals surface area contributed by atoms with Crippen molar-refractivity contribution < 1.29 is 9.39 Å². The third-order valence-corrected chi connectivity index (χ3v) is 1.45. The molecule has 0 spiro atoms. The summed E-state index contributed by atoms with van der Waals surface area (Å²) in [6, 6.07) is 0. The van der Waals surface area contributed by atoms with Gasteiger partial charge in [-0.2, -0.15) is 0 Å². The zero-order valence-corrected chi connectivity index (χ0v) is 7.83. The summed E-state index contributed by atoms with van der Waals surface area (Å²) in [6.45, 7) is 8.66. The number of rotatable bonds is 5. The molecule has 0 aliphatic carbocycles. The van der Waals surface area contributed by atoms with Gasteiger partial charge in [-0.15, -0.1) is 0 Å². The Morgan fingerprint density at radius 2 is 1.73 bits per heavy atom. The molecular formula is C8H17BO2. The minimum Gasteiger partial charge on any atom is -0.445 e. The van der Waals surface area contributed by atoms with E-state index in [1.54, 1.807) is 0 Å². The number of hydrogen-bond acceptors (Lipinski definition) is 2. The highest BCUT2D eigenvalue weighted by atomic mass is 16.5. The Morgan fingerprint density at radius 1 is 1.18 bits per heavy atom. The first-order chi connectivity index (χ1) is 5.07. The summed E-state index contributed by atoms with van der Waals surface area (Å²) in [4.78, 5) is 0. The molecule has 0 saturated heterocycles. The molecule has 0 fully saturated rings. The molecule has 11 heavy (non-hydrogen) atoms. The summed E-state index contributed by atoms with van der Waals surface area (Å²) in [5.41, 5.74) is 0. The van der Waals surface area contributed by atoms with E-state index in [1.165, 1.54) is 0 Å². The maximum Gasteiger partial charge on any atom is 0.282 e. The summed E-state index contributed by atoms with van der Waals surface area (Å²) in [6.07, 6.45) is 0.345. The Morgan fingerprint density at radius 3 is 2.00 bits per heavy atom. The van der Waals surface area contributed by atoms with Gasteiger partial charge in [0.15, 0.2) is 0 Å². The van der Waals surface area contributed by atoms with Crippen molar-refractivity contribution in [3.05, 3.63) is 0 Å². The molecular weight excluding hydrogens is 139 g/mol. The van der Waals surface area contributed by atoms with E-state index in [2.05, 4.69) is 18.5 Å². The Hall–Kier alpha value is -0.0151. The van der Waals surface area contributed by atoms with Gasteiger partial charge in [-0.3, -0.25) is 0 Å². The minimum absolute atomic E-state index is 0.111. The molecule has 0 saturated carbocycles. The fraction of sp³-hybridized carbons (Fsp3) is 1.00. The summed E-state index contributed by atoms with van der Waals surface area (Å²) in [5, 5.41) is 0. The van der Waals surface area contributed by atoms with Crippen molar-refractivity contribution in [1.82, 2.24) is 0 Å². The maximum atomic E-state index is 5.55. The van der Waals surface area contributed by atoms with Crippen LogP contribution in [-0.4, -0.2) is 26.9 Å². The summed E-state index contributed by atoms with van der Waals surface area (Å²) in [5.74, 6) is 0.445. The normalized spacial score (nSPS) is 14.4. The van der Waals surface area contributed by atoms with Gasteiger partial charge in [0.2, 0.25) is 0 Å². The van der Waals surface area contributed by atoms with E-state index in [0.717, 1.165) is 0 Å². The van der Waals surface area contributed by atoms with Crippen LogP contribution in [-0.2, 0) is 9.39 Å². The zero-order valence-electron chi connectivity index (χ0n) is 7.83. The molecule has 0 aliphatic rings. The summed E-state index contributed by atoms with van der Waals surface area (Å²) < 4.78 is 10.1. The second kappa shape index (κ2) is 5.61. The van der Waals surface area contributed by atoms with Crippen molar-refractivity contribution in [2.75, 3.05) is 6.61 Å². The number of ether oxygens (including phenoxy) is 1. The van der Waals surface area contributed by atoms with Gasteiger partial charge in [0.05, 0.1) is 18.8 Å². The standard InChI is InChI=1S/C8H17BO2/c1-6(2)8(5-10-9)11-7(3)4/h6-8H,5H2,1-4H3. The van der Waals surface area contributed by atoms with E-state index in [-0.39, 0.29) is 12.2 Å². The van der Waals surface area contributed by atoms with Crippen LogP contribution in [0.25, 0.3) is 0 Å². The van der Waals surface area contributed by atoms with Gasteiger partial charge in [-0.05, 0) is 19.8 Å². The lowest BCUT2D eigenvalue weighted by Gasteiger charge is -2.23. The fourth-order valence-corrected chi connectivity index (χ4v) is 0.833. The monoisotopic (exact) mass is 156 g/mol. The van der Waals surface area contributed by atoms with Crippen molar-refractivity contribution in [2.45, 2.75) is 39.9 Å². The van der Waals surface area contributed by atoms with Gasteiger partial charge in [0, 0.05) is 0 Å². The first-order valence-electron chi connectivity index (χ1n) is 4.05. The highest BCUT2D eigenvalue weighted by Gasteiger charge is 2.14. The van der Waals surface area contributed by atoms with Crippen LogP contribution in [0.5, 0.6) is 0 Å². The molecule has 0 N–H and O–H groups in total. The van der Waals surface area contributed by atoms with Crippen LogP contribution in [0.3, 0.4) is 0 Å². The highest BCUT2D eigenvalue weighted by Crippen LogP contribution is 2.08. The predicted molar refractivity (Wildman–Crippen MR) is 46.6 cm³/mol. The van der Waals surface area contributed by atoms with Crippen molar-refractivity contribution in [2.24, 2.45) is 5.92 Å². The van der Waals surface area contributed by atoms with E-state index in [1.807, 2.05) is 13.8 Å². The van der Waals surface area contributed by atoms with Crippen LogP contribution in [0.4, 0.5) is 0 Å². The van der Waals surface area contributed by atoms with Gasteiger partial charge >= 0.3 is 0 Å². The Labute approximate surface area is 70.7 Å². The molecule has 64 valence electrons. The fourth-order valence-electron chi connectivity index (χ4n) is 0.833. The molecule has 1 atom stereocenters. The van der Waals surface area contributed by atoms with Gasteiger partial charge in [-0.25, -0.2) is 0 Å². The van der Waals surface area contributed by atoms with E-state index in [9.17, 15) is 0 Å². The van der Waals surface area contributed by atoms with Crippen molar-refractivity contribution in [1.29, 1.82) is 0 Å². The largest absolute Gasteiger partial charge is 0.445 e. The third-order valence-electron chi connectivity index (χ3n) is 1.45. The van der Waals surface area contributed by atoms with E-state index >= 15 is 0 Å². The average molecular weight is 156 g/mol. The molecule has 2 nitrogen and oxygen atoms in total. The molecule has 0 aromatic heterocycles. The smallest absolute Gasteiger partial charge is 0.282 e. The lowest BCUT2D eigenvalue weighted by atomic mass is 10.1. The first-order valence-corrected chi connectivity index (χ1v) is 4.05. The topological polar surface area (TPSA) is 18.5 Å². The second-order valence-electron chi connectivity index (χ2n) is 3.30. The third kappa shape index (κ3) is 5.28. The highest BCUT2D eigenvalue weighted by molar-refractivity contribution is 5.97. The lowest BCUT2D eigenvalue weighted by Crippen LogP contribution is -2.28. The molecule has 0 rings (SSSR count). The molecule has 0 amide bonds. The predicted octanol–water partition coefficient (Wildman–Crippen LogP) is 1.54.